The number of halogens is 1. The molecule has 0 saturated carbocycles. The summed E-state index contributed by atoms with van der Waals surface area (Å²) in [6.07, 6.45) is 0.920. The topological polar surface area (TPSA) is 58.6 Å². The minimum absolute atomic E-state index is 0.0101. The van der Waals surface area contributed by atoms with E-state index in [1.54, 1.807) is 12.1 Å². The third kappa shape index (κ3) is 6.02. The second-order valence-corrected chi connectivity index (χ2v) is 4.86. The molecule has 0 bridgehead atoms. The average Bonchev–Trinajstić information content (AvgIpc) is 2.38. The molecule has 0 aliphatic heterocycles. The van der Waals surface area contributed by atoms with Crippen molar-refractivity contribution in [2.45, 2.75) is 25.9 Å². The number of aliphatic hydroxyl groups excluding tert-OH is 1. The lowest BCUT2D eigenvalue weighted by molar-refractivity contribution is -0.123. The number of amides is 1. The molecule has 1 amide bonds. The van der Waals surface area contributed by atoms with Crippen LogP contribution in [0.5, 0.6) is 5.75 Å². The second kappa shape index (κ2) is 8.11. The zero-order valence-corrected chi connectivity index (χ0v) is 11.9. The molecule has 0 radical (unpaired) electrons. The van der Waals surface area contributed by atoms with Gasteiger partial charge in [0.15, 0.2) is 6.61 Å². The molecule has 2 N–H and O–H groups in total. The predicted octanol–water partition coefficient (Wildman–Crippen LogP) is 2.11. The molecule has 0 saturated heterocycles. The zero-order chi connectivity index (χ0) is 13.4. The monoisotopic (exact) mass is 315 g/mol. The number of hydrogen-bond donors (Lipinski definition) is 2. The zero-order valence-electron chi connectivity index (χ0n) is 10.4. The fourth-order valence-corrected chi connectivity index (χ4v) is 1.58. The molecule has 1 unspecified atom stereocenters. The van der Waals surface area contributed by atoms with E-state index in [9.17, 15) is 9.90 Å². The summed E-state index contributed by atoms with van der Waals surface area (Å²) in [5.41, 5.74) is 0. The maximum atomic E-state index is 11.4. The van der Waals surface area contributed by atoms with Crippen molar-refractivity contribution >= 4 is 21.8 Å². The van der Waals surface area contributed by atoms with Gasteiger partial charge in [0.2, 0.25) is 0 Å². The van der Waals surface area contributed by atoms with E-state index >= 15 is 0 Å². The Morgan fingerprint density at radius 1 is 1.44 bits per heavy atom. The van der Waals surface area contributed by atoms with Gasteiger partial charge in [-0.05, 0) is 37.1 Å². The summed E-state index contributed by atoms with van der Waals surface area (Å²) >= 11 is 3.32. The number of hydrogen-bond acceptors (Lipinski definition) is 3. The standard InChI is InChI=1S/C13H18BrNO3/c1-2-11(16)7-8-15-13(17)9-18-12-5-3-10(14)4-6-12/h3-6,11,16H,2,7-9H2,1H3,(H,15,17). The van der Waals surface area contributed by atoms with Crippen LogP contribution in [0.3, 0.4) is 0 Å². The van der Waals surface area contributed by atoms with E-state index in [4.69, 9.17) is 4.74 Å². The number of rotatable bonds is 7. The Labute approximate surface area is 115 Å². The van der Waals surface area contributed by atoms with E-state index in [2.05, 4.69) is 21.2 Å². The Balaban J connectivity index is 2.19. The molecule has 0 spiro atoms. The Morgan fingerprint density at radius 2 is 2.11 bits per heavy atom. The largest absolute Gasteiger partial charge is 0.484 e. The first-order valence-corrected chi connectivity index (χ1v) is 6.74. The molecule has 100 valence electrons. The van der Waals surface area contributed by atoms with Crippen LogP contribution in [0, 0.1) is 0 Å². The molecule has 0 heterocycles. The molecule has 0 fully saturated rings. The highest BCUT2D eigenvalue weighted by molar-refractivity contribution is 9.10. The average molecular weight is 316 g/mol. The maximum absolute atomic E-state index is 11.4. The first kappa shape index (κ1) is 15.0. The summed E-state index contributed by atoms with van der Waals surface area (Å²) in [4.78, 5) is 11.4. The third-order valence-corrected chi connectivity index (χ3v) is 2.98. The first-order valence-electron chi connectivity index (χ1n) is 5.95. The van der Waals surface area contributed by atoms with E-state index in [1.807, 2.05) is 19.1 Å². The van der Waals surface area contributed by atoms with Crippen molar-refractivity contribution in [1.82, 2.24) is 5.32 Å². The van der Waals surface area contributed by atoms with Gasteiger partial charge >= 0.3 is 0 Å². The maximum Gasteiger partial charge on any atom is 0.257 e. The summed E-state index contributed by atoms with van der Waals surface area (Å²) < 4.78 is 6.28. The van der Waals surface area contributed by atoms with Crippen LogP contribution in [0.2, 0.25) is 0 Å². The van der Waals surface area contributed by atoms with Crippen LogP contribution in [0.1, 0.15) is 19.8 Å². The quantitative estimate of drug-likeness (QED) is 0.810. The Morgan fingerprint density at radius 3 is 2.72 bits per heavy atom. The smallest absolute Gasteiger partial charge is 0.257 e. The minimum atomic E-state index is -0.349. The van der Waals surface area contributed by atoms with Crippen molar-refractivity contribution in [2.24, 2.45) is 0 Å². The first-order chi connectivity index (χ1) is 8.61. The van der Waals surface area contributed by atoms with Gasteiger partial charge in [-0.25, -0.2) is 0 Å². The number of benzene rings is 1. The van der Waals surface area contributed by atoms with Crippen molar-refractivity contribution in [2.75, 3.05) is 13.2 Å². The molecular formula is C13H18BrNO3. The second-order valence-electron chi connectivity index (χ2n) is 3.94. The highest BCUT2D eigenvalue weighted by Crippen LogP contribution is 2.15. The summed E-state index contributed by atoms with van der Waals surface area (Å²) in [5.74, 6) is 0.475. The third-order valence-electron chi connectivity index (χ3n) is 2.45. The van der Waals surface area contributed by atoms with Gasteiger partial charge in [0.05, 0.1) is 6.10 Å². The van der Waals surface area contributed by atoms with Gasteiger partial charge in [0.1, 0.15) is 5.75 Å². The Hall–Kier alpha value is -1.07. The van der Waals surface area contributed by atoms with Crippen LogP contribution < -0.4 is 10.1 Å². The van der Waals surface area contributed by atoms with Crippen LogP contribution in [0.4, 0.5) is 0 Å². The van der Waals surface area contributed by atoms with E-state index in [0.717, 1.165) is 4.47 Å². The van der Waals surface area contributed by atoms with Gasteiger partial charge in [-0.2, -0.15) is 0 Å². The van der Waals surface area contributed by atoms with Crippen LogP contribution in [-0.4, -0.2) is 30.3 Å². The van der Waals surface area contributed by atoms with Crippen LogP contribution in [-0.2, 0) is 4.79 Å². The number of nitrogens with one attached hydrogen (secondary N) is 1. The van der Waals surface area contributed by atoms with Crippen molar-refractivity contribution in [3.63, 3.8) is 0 Å². The molecule has 0 aliphatic rings. The number of ether oxygens (including phenoxy) is 1. The summed E-state index contributed by atoms with van der Waals surface area (Å²) in [6, 6.07) is 7.28. The van der Waals surface area contributed by atoms with Crippen LogP contribution >= 0.6 is 15.9 Å². The molecule has 18 heavy (non-hydrogen) atoms. The molecular weight excluding hydrogens is 298 g/mol. The van der Waals surface area contributed by atoms with E-state index in [-0.39, 0.29) is 18.6 Å². The van der Waals surface area contributed by atoms with Gasteiger partial charge in [0, 0.05) is 11.0 Å². The van der Waals surface area contributed by atoms with Crippen molar-refractivity contribution in [3.8, 4) is 5.75 Å². The molecule has 4 nitrogen and oxygen atoms in total. The fourth-order valence-electron chi connectivity index (χ4n) is 1.31. The highest BCUT2D eigenvalue weighted by atomic mass is 79.9. The lowest BCUT2D eigenvalue weighted by Gasteiger charge is -2.09. The predicted molar refractivity (Wildman–Crippen MR) is 73.6 cm³/mol. The van der Waals surface area contributed by atoms with E-state index in [0.29, 0.717) is 25.1 Å². The van der Waals surface area contributed by atoms with Crippen molar-refractivity contribution in [3.05, 3.63) is 28.7 Å². The van der Waals surface area contributed by atoms with Gasteiger partial charge in [-0.3, -0.25) is 4.79 Å². The van der Waals surface area contributed by atoms with Crippen LogP contribution in [0.15, 0.2) is 28.7 Å². The molecule has 1 aromatic carbocycles. The lowest BCUT2D eigenvalue weighted by atomic mass is 10.2. The van der Waals surface area contributed by atoms with Gasteiger partial charge in [0.25, 0.3) is 5.91 Å². The van der Waals surface area contributed by atoms with Gasteiger partial charge < -0.3 is 15.2 Å². The van der Waals surface area contributed by atoms with E-state index in [1.165, 1.54) is 0 Å². The number of carbonyl (C=O) groups is 1. The van der Waals surface area contributed by atoms with Crippen LogP contribution in [0.25, 0.3) is 0 Å². The van der Waals surface area contributed by atoms with Gasteiger partial charge in [-0.1, -0.05) is 22.9 Å². The lowest BCUT2D eigenvalue weighted by Crippen LogP contribution is -2.31. The molecule has 0 aromatic heterocycles. The normalized spacial score (nSPS) is 11.9. The van der Waals surface area contributed by atoms with E-state index < -0.39 is 0 Å². The molecule has 1 aromatic rings. The summed E-state index contributed by atoms with van der Waals surface area (Å²) in [6.45, 7) is 2.37. The Kier molecular flexibility index (Phi) is 6.75. The minimum Gasteiger partial charge on any atom is -0.484 e. The van der Waals surface area contributed by atoms with Crippen molar-refractivity contribution < 1.29 is 14.6 Å². The van der Waals surface area contributed by atoms with Gasteiger partial charge in [-0.15, -0.1) is 0 Å². The molecule has 0 aliphatic carbocycles. The number of aliphatic hydroxyl groups is 1. The number of carbonyl (C=O) groups excluding carboxylic acids is 1. The fraction of sp³-hybridized carbons (Fsp3) is 0.462. The molecule has 5 heteroatoms. The molecule has 1 atom stereocenters. The SMILES string of the molecule is CCC(O)CCNC(=O)COc1ccc(Br)cc1. The highest BCUT2D eigenvalue weighted by Gasteiger charge is 2.04. The van der Waals surface area contributed by atoms with Crippen molar-refractivity contribution in [1.29, 1.82) is 0 Å². The summed E-state index contributed by atoms with van der Waals surface area (Å²) in [5, 5.41) is 12.0. The summed E-state index contributed by atoms with van der Waals surface area (Å²) in [7, 11) is 0. The molecule has 1 rings (SSSR count). The Bertz CT molecular complexity index is 367.